The van der Waals surface area contributed by atoms with Crippen LogP contribution in [0.2, 0.25) is 0 Å². The first-order valence-corrected chi connectivity index (χ1v) is 20.7. The van der Waals surface area contributed by atoms with Crippen molar-refractivity contribution in [3.8, 4) is 0 Å². The van der Waals surface area contributed by atoms with Gasteiger partial charge < -0.3 is 56.0 Å². The molecule has 0 spiro atoms. The molecule has 0 aromatic carbocycles. The Kier molecular flexibility index (Phi) is 15.8. The zero-order valence-corrected chi connectivity index (χ0v) is 31.6. The van der Waals surface area contributed by atoms with Gasteiger partial charge in [-0.15, -0.1) is 0 Å². The molecule has 3 heterocycles. The third kappa shape index (κ3) is 13.6. The van der Waals surface area contributed by atoms with Crippen LogP contribution >= 0.6 is 35.2 Å². The number of nitrogen functional groups attached to an aromatic ring is 1. The number of rotatable bonds is 21. The SMILES string of the molecule is CC(C)(COP(=O)(O)OP(=O)(O)OC[C@H]1O[C@@H](n2cnc3c(N)ncnc32)[C@H](O)[C@@H]1OP(=O)(O)O)[C@@H](O)C(=O)NCCC(=O)NCCS[13C](=O)[13CH2][13C](=O)O. The highest BCUT2D eigenvalue weighted by molar-refractivity contribution is 8.13. The van der Waals surface area contributed by atoms with E-state index in [1.165, 1.54) is 13.8 Å². The van der Waals surface area contributed by atoms with Gasteiger partial charge in [0, 0.05) is 30.7 Å². The van der Waals surface area contributed by atoms with Crippen LogP contribution in [0.1, 0.15) is 32.9 Å². The van der Waals surface area contributed by atoms with Crippen LogP contribution in [0.15, 0.2) is 12.7 Å². The lowest BCUT2D eigenvalue weighted by Crippen LogP contribution is -2.46. The largest absolute Gasteiger partial charge is 0.481 e. The van der Waals surface area contributed by atoms with Gasteiger partial charge in [0.15, 0.2) is 22.8 Å². The minimum atomic E-state index is -5.59. The van der Waals surface area contributed by atoms with E-state index in [0.29, 0.717) is 0 Å². The molecule has 26 nitrogen and oxygen atoms in total. The number of phosphoric ester groups is 3. The molecule has 2 aromatic heterocycles. The van der Waals surface area contributed by atoms with Crippen LogP contribution in [0.4, 0.5) is 5.82 Å². The number of thioether (sulfide) groups is 1. The highest BCUT2D eigenvalue weighted by atomic mass is 32.2. The second-order valence-electron chi connectivity index (χ2n) is 11.9. The summed E-state index contributed by atoms with van der Waals surface area (Å²) in [7, 11) is -16.4. The summed E-state index contributed by atoms with van der Waals surface area (Å²) in [4.78, 5) is 97.0. The van der Waals surface area contributed by atoms with E-state index in [9.17, 15) is 62.7 Å². The Labute approximate surface area is 308 Å². The summed E-state index contributed by atoms with van der Waals surface area (Å²) in [6.07, 6.45) is -7.78. The summed E-state index contributed by atoms with van der Waals surface area (Å²) < 4.78 is 61.8. The first kappa shape index (κ1) is 45.4. The minimum Gasteiger partial charge on any atom is -0.481 e. The number of aliphatic hydroxyl groups excluding tert-OH is 2. The van der Waals surface area contributed by atoms with E-state index in [4.69, 9.17) is 24.6 Å². The lowest BCUT2D eigenvalue weighted by Gasteiger charge is -2.30. The number of imidazole rings is 1. The molecule has 1 aliphatic rings. The van der Waals surface area contributed by atoms with Gasteiger partial charge in [-0.25, -0.2) is 28.6 Å². The summed E-state index contributed by atoms with van der Waals surface area (Å²) in [5.41, 5.74) is 4.19. The minimum absolute atomic E-state index is 0.0185. The van der Waals surface area contributed by atoms with Crippen molar-refractivity contribution in [2.75, 3.05) is 37.8 Å². The predicted octanol–water partition coefficient (Wildman–Crippen LogP) is -1.86. The molecule has 2 amide bonds. The van der Waals surface area contributed by atoms with E-state index in [1.807, 2.05) is 0 Å². The lowest BCUT2D eigenvalue weighted by molar-refractivity contribution is -0.139. The Bertz CT molecular complexity index is 1830. The van der Waals surface area contributed by atoms with Gasteiger partial charge in [0.1, 0.15) is 42.7 Å². The molecule has 54 heavy (non-hydrogen) atoms. The Hall–Kier alpha value is -2.97. The molecule has 3 rings (SSSR count). The van der Waals surface area contributed by atoms with E-state index in [0.717, 1.165) is 29.0 Å². The molecular formula is C24H38N7O19P3S. The van der Waals surface area contributed by atoms with Crippen LogP contribution in [0.5, 0.6) is 0 Å². The number of hydrogen-bond acceptors (Lipinski definition) is 19. The number of carboxylic acid groups (broad SMARTS) is 1. The Morgan fingerprint density at radius 2 is 1.72 bits per heavy atom. The highest BCUT2D eigenvalue weighted by Crippen LogP contribution is 2.61. The number of fused-ring (bicyclic) bond motifs is 1. The predicted molar refractivity (Wildman–Crippen MR) is 179 cm³/mol. The van der Waals surface area contributed by atoms with E-state index in [1.54, 1.807) is 0 Å². The van der Waals surface area contributed by atoms with Gasteiger partial charge in [0.2, 0.25) is 11.8 Å². The molecule has 7 atom stereocenters. The summed E-state index contributed by atoms with van der Waals surface area (Å²) in [5.74, 6) is -2.80. The molecule has 30 heteroatoms. The molecule has 1 fully saturated rings. The fourth-order valence-electron chi connectivity index (χ4n) is 4.47. The maximum Gasteiger partial charge on any atom is 0.481 e. The van der Waals surface area contributed by atoms with Crippen molar-refractivity contribution in [3.05, 3.63) is 12.7 Å². The van der Waals surface area contributed by atoms with Crippen LogP contribution in [0.25, 0.3) is 11.2 Å². The number of phosphoric acid groups is 3. The molecule has 0 saturated carbocycles. The maximum absolute atomic E-state index is 12.6. The second-order valence-corrected chi connectivity index (χ2v) is 17.2. The van der Waals surface area contributed by atoms with E-state index >= 15 is 0 Å². The van der Waals surface area contributed by atoms with Crippen molar-refractivity contribution < 1.29 is 90.4 Å². The van der Waals surface area contributed by atoms with Gasteiger partial charge >= 0.3 is 29.4 Å². The third-order valence-electron chi connectivity index (χ3n) is 7.06. The molecule has 304 valence electrons. The average molecular weight is 857 g/mol. The zero-order valence-electron chi connectivity index (χ0n) is 28.1. The van der Waals surface area contributed by atoms with Gasteiger partial charge in [-0.1, -0.05) is 25.6 Å². The van der Waals surface area contributed by atoms with Crippen molar-refractivity contribution in [2.45, 2.75) is 57.3 Å². The van der Waals surface area contributed by atoms with Gasteiger partial charge in [-0.3, -0.25) is 37.3 Å². The van der Waals surface area contributed by atoms with E-state index < -0.39 is 102 Å². The van der Waals surface area contributed by atoms with Crippen LogP contribution in [0, 0.1) is 5.41 Å². The Balaban J connectivity index is 1.51. The number of aliphatic hydroxyl groups is 2. The fraction of sp³-hybridized carbons (Fsp3) is 0.625. The van der Waals surface area contributed by atoms with Crippen molar-refractivity contribution in [2.24, 2.45) is 5.41 Å². The number of anilines is 1. The number of carbonyl (C=O) groups is 4. The van der Waals surface area contributed by atoms with Crippen molar-refractivity contribution >= 4 is 75.1 Å². The molecule has 2 aromatic rings. The summed E-state index contributed by atoms with van der Waals surface area (Å²) in [6.45, 7) is 0.132. The van der Waals surface area contributed by atoms with Crippen molar-refractivity contribution in [3.63, 3.8) is 0 Å². The summed E-state index contributed by atoms with van der Waals surface area (Å²) >= 11 is 0.718. The molecule has 1 aliphatic heterocycles. The number of carboxylic acids is 1. The Morgan fingerprint density at radius 1 is 1.06 bits per heavy atom. The van der Waals surface area contributed by atoms with E-state index in [2.05, 4.69) is 34.4 Å². The van der Waals surface area contributed by atoms with Crippen LogP contribution in [-0.2, 0) is 55.5 Å². The fourth-order valence-corrected chi connectivity index (χ4v) is 7.96. The third-order valence-corrected chi connectivity index (χ3v) is 11.0. The second kappa shape index (κ2) is 18.8. The molecule has 0 aliphatic carbocycles. The number of nitrogens with one attached hydrogen (secondary N) is 2. The topological polar surface area (TPSA) is 401 Å². The number of aliphatic carboxylic acids is 1. The maximum atomic E-state index is 12.6. The monoisotopic (exact) mass is 856 g/mol. The van der Waals surface area contributed by atoms with Gasteiger partial charge in [0.25, 0.3) is 0 Å². The van der Waals surface area contributed by atoms with Crippen LogP contribution < -0.4 is 16.4 Å². The zero-order chi connectivity index (χ0) is 40.6. The number of aromatic nitrogens is 4. The van der Waals surface area contributed by atoms with Crippen molar-refractivity contribution in [1.29, 1.82) is 0 Å². The summed E-state index contributed by atoms with van der Waals surface area (Å²) in [6, 6.07) is 0. The number of carbonyl (C=O) groups excluding carboxylic acids is 3. The van der Waals surface area contributed by atoms with Crippen molar-refractivity contribution in [1.82, 2.24) is 30.2 Å². The number of nitrogens with two attached hydrogens (primary N) is 1. The number of ether oxygens (including phenoxy) is 1. The number of hydrogen-bond donors (Lipinski definition) is 10. The molecule has 0 radical (unpaired) electrons. The first-order chi connectivity index (χ1) is 24.9. The average Bonchev–Trinajstić information content (AvgIpc) is 3.60. The molecule has 11 N–H and O–H groups in total. The lowest BCUT2D eigenvalue weighted by atomic mass is 9.87. The molecule has 0 bridgehead atoms. The number of nitrogens with zero attached hydrogens (tertiary/aromatic N) is 4. The van der Waals surface area contributed by atoms with E-state index in [-0.39, 0.29) is 42.2 Å². The van der Waals surface area contributed by atoms with Gasteiger partial charge in [-0.05, 0) is 0 Å². The normalized spacial score (nSPS) is 21.9. The first-order valence-electron chi connectivity index (χ1n) is 15.2. The Morgan fingerprint density at radius 3 is 2.37 bits per heavy atom. The smallest absolute Gasteiger partial charge is 0.481 e. The van der Waals surface area contributed by atoms with Crippen LogP contribution in [0.3, 0.4) is 0 Å². The van der Waals surface area contributed by atoms with Gasteiger partial charge in [0.05, 0.1) is 19.5 Å². The summed E-state index contributed by atoms with van der Waals surface area (Å²) in [5, 5.41) is 34.0. The highest BCUT2D eigenvalue weighted by Gasteiger charge is 2.50. The van der Waals surface area contributed by atoms with Gasteiger partial charge in [-0.2, -0.15) is 4.31 Å². The standard InChI is InChI=1S/C24H38N7O19P3S/c1-24(2,19(37)22(38)27-4-3-13(32)26-5-6-54-15(35)7-14(33)34)9-47-53(44,45)50-52(42,43)46-8-12-18(49-51(39,40)41)17(36)23(48-12)31-11-30-16-20(25)28-10-29-21(16)31/h10-12,17-19,23,36-37H,3-9H2,1-2H3,(H,26,32)(H,27,38)(H,33,34)(H,42,43)(H,44,45)(H2,25,28,29)(H2,39,40,41)/t12-,17-,18-,19+,23-/m1/s1/i7+1,14+1,15+1. The molecule has 1 saturated heterocycles. The molecule has 2 unspecified atom stereocenters. The molecular weight excluding hydrogens is 818 g/mol. The number of amides is 2. The quantitative estimate of drug-likeness (QED) is 0.0285. The van der Waals surface area contributed by atoms with Crippen LogP contribution in [-0.4, -0.2) is 134 Å².